The molecular weight excluding hydrogens is 242 g/mol. The molecule has 1 heterocycles. The van der Waals surface area contributed by atoms with Gasteiger partial charge < -0.3 is 5.32 Å². The smallest absolute Gasteiger partial charge is 0.225 e. The van der Waals surface area contributed by atoms with Crippen LogP contribution < -0.4 is 5.32 Å². The van der Waals surface area contributed by atoms with Crippen molar-refractivity contribution in [1.82, 2.24) is 25.9 Å². The Morgan fingerprint density at radius 1 is 1.37 bits per heavy atom. The Hall–Kier alpha value is -2.24. The van der Waals surface area contributed by atoms with Crippen LogP contribution in [0, 0.1) is 13.8 Å². The number of hydrogen-bond donors (Lipinski definition) is 2. The first kappa shape index (κ1) is 13.2. The van der Waals surface area contributed by atoms with E-state index in [1.54, 1.807) is 0 Å². The lowest BCUT2D eigenvalue weighted by Crippen LogP contribution is -2.28. The van der Waals surface area contributed by atoms with Gasteiger partial charge in [0, 0.05) is 0 Å². The molecule has 1 aromatic carbocycles. The average Bonchev–Trinajstić information content (AvgIpc) is 2.87. The van der Waals surface area contributed by atoms with Gasteiger partial charge in [-0.3, -0.25) is 4.79 Å². The van der Waals surface area contributed by atoms with Gasteiger partial charge in [0.25, 0.3) is 0 Å². The monoisotopic (exact) mass is 259 g/mol. The fourth-order valence-corrected chi connectivity index (χ4v) is 1.81. The predicted octanol–water partition coefficient (Wildman–Crippen LogP) is 1.24. The number of aromatic amines is 1. The van der Waals surface area contributed by atoms with E-state index in [1.165, 1.54) is 11.1 Å². The molecule has 2 aromatic rings. The number of carbonyl (C=O) groups excluding carboxylic acids is 1. The Morgan fingerprint density at radius 3 is 2.79 bits per heavy atom. The summed E-state index contributed by atoms with van der Waals surface area (Å²) >= 11 is 0. The molecule has 0 saturated heterocycles. The van der Waals surface area contributed by atoms with E-state index in [1.807, 2.05) is 32.0 Å². The SMILES string of the molecule is Cc1ccc(CC(=O)NC(C)c2nn[nH]n2)cc1C. The van der Waals surface area contributed by atoms with Gasteiger partial charge in [0.1, 0.15) is 0 Å². The summed E-state index contributed by atoms with van der Waals surface area (Å²) in [6.45, 7) is 5.92. The highest BCUT2D eigenvalue weighted by molar-refractivity contribution is 5.78. The molecule has 2 rings (SSSR count). The van der Waals surface area contributed by atoms with Gasteiger partial charge in [-0.25, -0.2) is 0 Å². The van der Waals surface area contributed by atoms with Crippen LogP contribution in [0.25, 0.3) is 0 Å². The summed E-state index contributed by atoms with van der Waals surface area (Å²) in [5.41, 5.74) is 3.42. The number of aromatic nitrogens is 4. The molecule has 0 radical (unpaired) electrons. The average molecular weight is 259 g/mol. The first-order valence-electron chi connectivity index (χ1n) is 6.15. The molecule has 6 heteroatoms. The zero-order chi connectivity index (χ0) is 13.8. The molecule has 0 aliphatic carbocycles. The molecule has 0 bridgehead atoms. The molecule has 0 aliphatic heterocycles. The van der Waals surface area contributed by atoms with Gasteiger partial charge in [0.15, 0.2) is 5.82 Å². The van der Waals surface area contributed by atoms with Gasteiger partial charge in [-0.1, -0.05) is 23.4 Å². The highest BCUT2D eigenvalue weighted by Gasteiger charge is 2.13. The van der Waals surface area contributed by atoms with Crippen LogP contribution in [0.15, 0.2) is 18.2 Å². The van der Waals surface area contributed by atoms with E-state index in [4.69, 9.17) is 0 Å². The number of hydrogen-bond acceptors (Lipinski definition) is 4. The van der Waals surface area contributed by atoms with Crippen molar-refractivity contribution in [3.8, 4) is 0 Å². The Labute approximate surface area is 111 Å². The Morgan fingerprint density at radius 2 is 2.16 bits per heavy atom. The molecule has 0 aliphatic rings. The van der Waals surface area contributed by atoms with Gasteiger partial charge in [-0.2, -0.15) is 5.21 Å². The number of rotatable bonds is 4. The van der Waals surface area contributed by atoms with Crippen molar-refractivity contribution in [3.63, 3.8) is 0 Å². The standard InChI is InChI=1S/C13H17N5O/c1-8-4-5-11(6-9(8)2)7-12(19)14-10(3)13-15-17-18-16-13/h4-6,10H,7H2,1-3H3,(H,14,19)(H,15,16,17,18). The van der Waals surface area contributed by atoms with Crippen LogP contribution in [-0.4, -0.2) is 26.5 Å². The van der Waals surface area contributed by atoms with Crippen molar-refractivity contribution in [1.29, 1.82) is 0 Å². The highest BCUT2D eigenvalue weighted by atomic mass is 16.1. The van der Waals surface area contributed by atoms with Crippen molar-refractivity contribution < 1.29 is 4.79 Å². The lowest BCUT2D eigenvalue weighted by Gasteiger charge is -2.10. The number of H-pyrrole nitrogens is 1. The maximum Gasteiger partial charge on any atom is 0.225 e. The van der Waals surface area contributed by atoms with Crippen LogP contribution in [0.5, 0.6) is 0 Å². The second kappa shape index (κ2) is 5.60. The number of nitrogens with zero attached hydrogens (tertiary/aromatic N) is 3. The van der Waals surface area contributed by atoms with Gasteiger partial charge in [-0.05, 0) is 37.5 Å². The Kier molecular flexibility index (Phi) is 3.89. The van der Waals surface area contributed by atoms with Crippen LogP contribution in [0.2, 0.25) is 0 Å². The zero-order valence-corrected chi connectivity index (χ0v) is 11.3. The van der Waals surface area contributed by atoms with E-state index < -0.39 is 0 Å². The lowest BCUT2D eigenvalue weighted by atomic mass is 10.0. The highest BCUT2D eigenvalue weighted by Crippen LogP contribution is 2.11. The zero-order valence-electron chi connectivity index (χ0n) is 11.3. The maximum absolute atomic E-state index is 11.9. The molecule has 1 aromatic heterocycles. The number of nitrogens with one attached hydrogen (secondary N) is 2. The summed E-state index contributed by atoms with van der Waals surface area (Å²) in [6, 6.07) is 5.79. The number of tetrazole rings is 1. The molecule has 100 valence electrons. The van der Waals surface area contributed by atoms with Crippen LogP contribution in [0.1, 0.15) is 35.5 Å². The topological polar surface area (TPSA) is 83.6 Å². The lowest BCUT2D eigenvalue weighted by molar-refractivity contribution is -0.121. The fraction of sp³-hybridized carbons (Fsp3) is 0.385. The summed E-state index contributed by atoms with van der Waals surface area (Å²) in [4.78, 5) is 11.9. The Balaban J connectivity index is 1.95. The molecule has 2 N–H and O–H groups in total. The maximum atomic E-state index is 11.9. The first-order chi connectivity index (χ1) is 9.06. The third kappa shape index (κ3) is 3.37. The van der Waals surface area contributed by atoms with Crippen molar-refractivity contribution >= 4 is 5.91 Å². The largest absolute Gasteiger partial charge is 0.346 e. The van der Waals surface area contributed by atoms with Crippen molar-refractivity contribution in [2.24, 2.45) is 0 Å². The minimum Gasteiger partial charge on any atom is -0.346 e. The molecule has 1 atom stereocenters. The third-order valence-corrected chi connectivity index (χ3v) is 3.06. The van der Waals surface area contributed by atoms with Crippen molar-refractivity contribution in [2.75, 3.05) is 0 Å². The van der Waals surface area contributed by atoms with E-state index in [-0.39, 0.29) is 11.9 Å². The van der Waals surface area contributed by atoms with Gasteiger partial charge in [0.05, 0.1) is 12.5 Å². The minimum atomic E-state index is -0.252. The van der Waals surface area contributed by atoms with E-state index >= 15 is 0 Å². The second-order valence-corrected chi connectivity index (χ2v) is 4.65. The summed E-state index contributed by atoms with van der Waals surface area (Å²) in [5, 5.41) is 16.4. The van der Waals surface area contributed by atoms with Crippen molar-refractivity contribution in [3.05, 3.63) is 40.7 Å². The molecular formula is C13H17N5O. The third-order valence-electron chi connectivity index (χ3n) is 3.06. The molecule has 0 saturated carbocycles. The van der Waals surface area contributed by atoms with E-state index in [0.29, 0.717) is 12.2 Å². The minimum absolute atomic E-state index is 0.0550. The molecule has 6 nitrogen and oxygen atoms in total. The van der Waals surface area contributed by atoms with E-state index in [9.17, 15) is 4.79 Å². The first-order valence-corrected chi connectivity index (χ1v) is 6.15. The normalized spacial score (nSPS) is 12.2. The van der Waals surface area contributed by atoms with Gasteiger partial charge in [0.2, 0.25) is 5.91 Å². The van der Waals surface area contributed by atoms with Crippen LogP contribution >= 0.6 is 0 Å². The van der Waals surface area contributed by atoms with E-state index in [2.05, 4.69) is 32.9 Å². The molecule has 0 spiro atoms. The van der Waals surface area contributed by atoms with Crippen molar-refractivity contribution in [2.45, 2.75) is 33.2 Å². The number of carbonyl (C=O) groups is 1. The summed E-state index contributed by atoms with van der Waals surface area (Å²) in [5.74, 6) is 0.425. The Bertz CT molecular complexity index is 564. The number of benzene rings is 1. The fourth-order valence-electron chi connectivity index (χ4n) is 1.81. The van der Waals surface area contributed by atoms with Crippen LogP contribution in [-0.2, 0) is 11.2 Å². The summed E-state index contributed by atoms with van der Waals surface area (Å²) < 4.78 is 0. The molecule has 1 amide bonds. The van der Waals surface area contributed by atoms with E-state index in [0.717, 1.165) is 5.56 Å². The van der Waals surface area contributed by atoms with Gasteiger partial charge in [-0.15, -0.1) is 10.2 Å². The number of amides is 1. The van der Waals surface area contributed by atoms with Crippen LogP contribution in [0.4, 0.5) is 0 Å². The predicted molar refractivity (Wildman–Crippen MR) is 70.4 cm³/mol. The van der Waals surface area contributed by atoms with Crippen LogP contribution in [0.3, 0.4) is 0 Å². The second-order valence-electron chi connectivity index (χ2n) is 4.65. The number of aryl methyl sites for hydroxylation is 2. The molecule has 0 fully saturated rings. The summed E-state index contributed by atoms with van der Waals surface area (Å²) in [6.07, 6.45) is 0.351. The molecule has 1 unspecified atom stereocenters. The quantitative estimate of drug-likeness (QED) is 0.865. The van der Waals surface area contributed by atoms with Gasteiger partial charge >= 0.3 is 0 Å². The molecule has 19 heavy (non-hydrogen) atoms. The summed E-state index contributed by atoms with van der Waals surface area (Å²) in [7, 11) is 0.